The smallest absolute Gasteiger partial charge is 0.309 e. The van der Waals surface area contributed by atoms with E-state index < -0.39 is 5.83 Å². The van der Waals surface area contributed by atoms with Crippen molar-refractivity contribution in [2.45, 2.75) is 90.1 Å². The molecule has 0 aromatic carbocycles. The van der Waals surface area contributed by atoms with Gasteiger partial charge in [-0.25, -0.2) is 0 Å². The molecule has 0 amide bonds. The first-order chi connectivity index (χ1) is 12.1. The van der Waals surface area contributed by atoms with E-state index in [9.17, 15) is 9.18 Å². The van der Waals surface area contributed by atoms with Gasteiger partial charge in [0, 0.05) is 0 Å². The average molecular weight is 349 g/mol. The number of nitrogens with zero attached hydrogens (tertiary/aromatic N) is 1. The molecule has 0 atom stereocenters. The Kier molecular flexibility index (Phi) is 8.44. The summed E-state index contributed by atoms with van der Waals surface area (Å²) in [5.74, 6) is 0.737. The normalized spacial score (nSPS) is 30.5. The number of hydrogen-bond acceptors (Lipinski definition) is 3. The van der Waals surface area contributed by atoms with E-state index in [1.165, 1.54) is 37.8 Å². The van der Waals surface area contributed by atoms with E-state index in [1.54, 1.807) is 0 Å². The highest BCUT2D eigenvalue weighted by molar-refractivity contribution is 5.72. The van der Waals surface area contributed by atoms with Crippen LogP contribution in [0.2, 0.25) is 0 Å². The van der Waals surface area contributed by atoms with E-state index in [2.05, 4.69) is 6.92 Å². The third-order valence-corrected chi connectivity index (χ3v) is 5.96. The van der Waals surface area contributed by atoms with Crippen LogP contribution in [0.3, 0.4) is 0 Å². The van der Waals surface area contributed by atoms with Crippen LogP contribution in [0.15, 0.2) is 11.9 Å². The summed E-state index contributed by atoms with van der Waals surface area (Å²) in [6, 6.07) is 1.51. The summed E-state index contributed by atoms with van der Waals surface area (Å²) < 4.78 is 18.6. The van der Waals surface area contributed by atoms with Crippen molar-refractivity contribution in [3.05, 3.63) is 11.9 Å². The molecule has 0 radical (unpaired) electrons. The molecule has 0 aliphatic heterocycles. The van der Waals surface area contributed by atoms with Crippen LogP contribution in [0, 0.1) is 29.1 Å². The summed E-state index contributed by atoms with van der Waals surface area (Å²) in [4.78, 5) is 12.4. The van der Waals surface area contributed by atoms with Crippen molar-refractivity contribution in [1.29, 1.82) is 5.26 Å². The molecule has 2 aliphatic rings. The van der Waals surface area contributed by atoms with Crippen LogP contribution in [-0.2, 0) is 9.53 Å². The van der Waals surface area contributed by atoms with Crippen LogP contribution < -0.4 is 0 Å². The van der Waals surface area contributed by atoms with Crippen molar-refractivity contribution < 1.29 is 13.9 Å². The van der Waals surface area contributed by atoms with Gasteiger partial charge in [-0.3, -0.25) is 4.79 Å². The summed E-state index contributed by atoms with van der Waals surface area (Å²) in [5, 5.41) is 8.40. The van der Waals surface area contributed by atoms with Crippen LogP contribution >= 0.6 is 0 Å². The lowest BCUT2D eigenvalue weighted by Crippen LogP contribution is -2.30. The van der Waals surface area contributed by atoms with E-state index in [-0.39, 0.29) is 18.0 Å². The molecule has 2 saturated carbocycles. The molecule has 0 N–H and O–H groups in total. The molecule has 0 bridgehead atoms. The van der Waals surface area contributed by atoms with Crippen molar-refractivity contribution in [2.24, 2.45) is 17.8 Å². The number of carbonyl (C=O) groups excluding carboxylic acids is 1. The number of nitriles is 1. The van der Waals surface area contributed by atoms with Crippen molar-refractivity contribution in [3.8, 4) is 6.07 Å². The fourth-order valence-corrected chi connectivity index (χ4v) is 4.39. The van der Waals surface area contributed by atoms with E-state index in [0.717, 1.165) is 50.9 Å². The lowest BCUT2D eigenvalue weighted by atomic mass is 9.80. The van der Waals surface area contributed by atoms with Crippen LogP contribution in [0.1, 0.15) is 84.0 Å². The maximum atomic E-state index is 12.8. The lowest BCUT2D eigenvalue weighted by molar-refractivity contribution is -0.157. The largest absolute Gasteiger partial charge is 0.462 e. The minimum Gasteiger partial charge on any atom is -0.462 e. The molecule has 2 fully saturated rings. The van der Waals surface area contributed by atoms with Crippen LogP contribution in [0.5, 0.6) is 0 Å². The second-order valence-corrected chi connectivity index (χ2v) is 7.83. The molecule has 0 aromatic heterocycles. The Morgan fingerprint density at radius 3 is 2.28 bits per heavy atom. The first-order valence-electron chi connectivity index (χ1n) is 10.1. The average Bonchev–Trinajstić information content (AvgIpc) is 2.64. The van der Waals surface area contributed by atoms with E-state index in [4.69, 9.17) is 10.00 Å². The summed E-state index contributed by atoms with van der Waals surface area (Å²) in [6.45, 7) is 2.23. The molecule has 3 nitrogen and oxygen atoms in total. The molecule has 2 aliphatic carbocycles. The number of hydrogen-bond donors (Lipinski definition) is 0. The van der Waals surface area contributed by atoms with Crippen molar-refractivity contribution in [2.75, 3.05) is 0 Å². The highest BCUT2D eigenvalue weighted by atomic mass is 19.1. The molecule has 0 unspecified atom stereocenters. The van der Waals surface area contributed by atoms with E-state index in [1.807, 2.05) is 0 Å². The molecule has 0 saturated heterocycles. The zero-order valence-electron chi connectivity index (χ0n) is 15.5. The van der Waals surface area contributed by atoms with Crippen LogP contribution in [0.4, 0.5) is 4.39 Å². The molecule has 0 spiro atoms. The van der Waals surface area contributed by atoms with Gasteiger partial charge in [0.25, 0.3) is 0 Å². The van der Waals surface area contributed by atoms with Crippen molar-refractivity contribution >= 4 is 5.97 Å². The topological polar surface area (TPSA) is 50.1 Å². The predicted molar refractivity (Wildman–Crippen MR) is 96.2 cm³/mol. The molecular formula is C21H32FNO2. The number of esters is 1. The second kappa shape index (κ2) is 10.6. The van der Waals surface area contributed by atoms with E-state index in [0.29, 0.717) is 12.3 Å². The molecule has 25 heavy (non-hydrogen) atoms. The molecular weight excluding hydrogens is 317 g/mol. The van der Waals surface area contributed by atoms with Gasteiger partial charge in [0.15, 0.2) is 5.83 Å². The maximum Gasteiger partial charge on any atom is 0.309 e. The zero-order valence-corrected chi connectivity index (χ0v) is 15.5. The minimum absolute atomic E-state index is 0.00723. The summed E-state index contributed by atoms with van der Waals surface area (Å²) in [6.07, 6.45) is 13.8. The highest BCUT2D eigenvalue weighted by Gasteiger charge is 2.30. The number of ether oxygens (including phenoxy) is 1. The monoisotopic (exact) mass is 349 g/mol. The third-order valence-electron chi connectivity index (χ3n) is 5.96. The summed E-state index contributed by atoms with van der Waals surface area (Å²) in [7, 11) is 0. The molecule has 0 aromatic rings. The van der Waals surface area contributed by atoms with Gasteiger partial charge in [-0.05, 0) is 82.1 Å². The predicted octanol–water partition coefficient (Wildman–Crippen LogP) is 5.85. The first kappa shape index (κ1) is 19.9. The quantitative estimate of drug-likeness (QED) is 0.428. The van der Waals surface area contributed by atoms with Crippen LogP contribution in [0.25, 0.3) is 0 Å². The van der Waals surface area contributed by atoms with Gasteiger partial charge in [0.05, 0.1) is 5.92 Å². The Balaban J connectivity index is 1.64. The standard InChI is InChI=1S/C21H32FNO2/c1-2-4-16-9-13-20(14-10-16)25-21(24)18-11-7-17(8-12-18)5-3-6-19(22)15-23/h6,16-18,20H,2-5,7-14H2,1H3. The van der Waals surface area contributed by atoms with Gasteiger partial charge in [0.2, 0.25) is 0 Å². The third kappa shape index (κ3) is 6.80. The SMILES string of the molecule is CCCC1CCC(OC(=O)C2CCC(CCC=C(F)C#N)CC2)CC1. The fourth-order valence-electron chi connectivity index (χ4n) is 4.39. The Bertz CT molecular complexity index is 481. The van der Waals surface area contributed by atoms with Gasteiger partial charge in [-0.2, -0.15) is 9.65 Å². The number of rotatable bonds is 7. The first-order valence-corrected chi connectivity index (χ1v) is 10.1. The van der Waals surface area contributed by atoms with Crippen LogP contribution in [-0.4, -0.2) is 12.1 Å². The number of halogens is 1. The van der Waals surface area contributed by atoms with Gasteiger partial charge in [0.1, 0.15) is 12.2 Å². The van der Waals surface area contributed by atoms with Gasteiger partial charge in [-0.1, -0.05) is 19.8 Å². The fraction of sp³-hybridized carbons (Fsp3) is 0.810. The second-order valence-electron chi connectivity index (χ2n) is 7.83. The lowest BCUT2D eigenvalue weighted by Gasteiger charge is -2.31. The number of carbonyl (C=O) groups is 1. The zero-order chi connectivity index (χ0) is 18.1. The highest BCUT2D eigenvalue weighted by Crippen LogP contribution is 2.34. The Morgan fingerprint density at radius 2 is 1.68 bits per heavy atom. The Morgan fingerprint density at radius 1 is 1.08 bits per heavy atom. The van der Waals surface area contributed by atoms with Crippen molar-refractivity contribution in [1.82, 2.24) is 0 Å². The summed E-state index contributed by atoms with van der Waals surface area (Å²) >= 11 is 0. The van der Waals surface area contributed by atoms with Gasteiger partial charge >= 0.3 is 5.97 Å². The van der Waals surface area contributed by atoms with E-state index >= 15 is 0 Å². The minimum atomic E-state index is -0.689. The Labute approximate surface area is 151 Å². The molecule has 140 valence electrons. The maximum absolute atomic E-state index is 12.8. The molecule has 0 heterocycles. The molecule has 2 rings (SSSR count). The van der Waals surface area contributed by atoms with Gasteiger partial charge < -0.3 is 4.74 Å². The number of allylic oxidation sites excluding steroid dienone is 2. The van der Waals surface area contributed by atoms with Crippen molar-refractivity contribution in [3.63, 3.8) is 0 Å². The summed E-state index contributed by atoms with van der Waals surface area (Å²) in [5.41, 5.74) is 0. The molecule has 4 heteroatoms. The van der Waals surface area contributed by atoms with Gasteiger partial charge in [-0.15, -0.1) is 0 Å². The Hall–Kier alpha value is -1.37.